The van der Waals surface area contributed by atoms with Gasteiger partial charge in [0.05, 0.1) is 12.1 Å². The molecule has 0 atom stereocenters. The second-order valence-electron chi connectivity index (χ2n) is 5.47. The van der Waals surface area contributed by atoms with E-state index in [2.05, 4.69) is 4.98 Å². The summed E-state index contributed by atoms with van der Waals surface area (Å²) in [4.78, 5) is 16.7. The van der Waals surface area contributed by atoms with Crippen LogP contribution in [0.25, 0.3) is 11.5 Å². The lowest BCUT2D eigenvalue weighted by Gasteiger charge is -2.12. The van der Waals surface area contributed by atoms with E-state index in [9.17, 15) is 13.2 Å². The molecule has 0 spiro atoms. The van der Waals surface area contributed by atoms with Crippen molar-refractivity contribution in [3.8, 4) is 11.5 Å². The van der Waals surface area contributed by atoms with Gasteiger partial charge in [-0.15, -0.1) is 0 Å². The molecular formula is C17H11ClN2O4S. The van der Waals surface area contributed by atoms with Crippen LogP contribution in [0.2, 0.25) is 5.02 Å². The first-order valence-electron chi connectivity index (χ1n) is 7.33. The van der Waals surface area contributed by atoms with Crippen LogP contribution in [0.5, 0.6) is 0 Å². The van der Waals surface area contributed by atoms with Crippen LogP contribution in [0, 0.1) is 0 Å². The first-order valence-corrected chi connectivity index (χ1v) is 9.15. The molecule has 0 N–H and O–H groups in total. The van der Waals surface area contributed by atoms with Crippen molar-refractivity contribution in [2.45, 2.75) is 11.4 Å². The summed E-state index contributed by atoms with van der Waals surface area (Å²) in [6, 6.07) is 13.1. The second kappa shape index (κ2) is 5.72. The molecule has 0 unspecified atom stereocenters. The second-order valence-corrected chi connectivity index (χ2v) is 7.73. The largest absolute Gasteiger partial charge is 0.444 e. The van der Waals surface area contributed by atoms with Crippen LogP contribution in [0.4, 0.5) is 0 Å². The van der Waals surface area contributed by atoms with Crippen molar-refractivity contribution >= 4 is 27.5 Å². The Morgan fingerprint density at radius 3 is 2.68 bits per heavy atom. The van der Waals surface area contributed by atoms with E-state index in [0.717, 1.165) is 4.31 Å². The van der Waals surface area contributed by atoms with Gasteiger partial charge < -0.3 is 4.42 Å². The molecule has 0 radical (unpaired) electrons. The van der Waals surface area contributed by atoms with Crippen molar-refractivity contribution in [2.75, 3.05) is 0 Å². The van der Waals surface area contributed by atoms with Crippen LogP contribution < -0.4 is 0 Å². The molecule has 6 nitrogen and oxygen atoms in total. The first-order chi connectivity index (χ1) is 12.0. The maximum absolute atomic E-state index is 12.5. The molecule has 8 heteroatoms. The predicted octanol–water partition coefficient (Wildman–Crippen LogP) is 3.34. The van der Waals surface area contributed by atoms with Crippen LogP contribution in [-0.4, -0.2) is 23.6 Å². The van der Waals surface area contributed by atoms with Gasteiger partial charge in [0.2, 0.25) is 5.89 Å². The topological polar surface area (TPSA) is 80.5 Å². The fraction of sp³-hybridized carbons (Fsp3) is 0.0588. The van der Waals surface area contributed by atoms with Crippen molar-refractivity contribution in [3.63, 3.8) is 0 Å². The molecule has 0 saturated carbocycles. The monoisotopic (exact) mass is 374 g/mol. The van der Waals surface area contributed by atoms with Crippen molar-refractivity contribution in [2.24, 2.45) is 0 Å². The van der Waals surface area contributed by atoms with E-state index in [1.807, 2.05) is 0 Å². The number of carbonyl (C=O) groups excluding carboxylic acids is 1. The van der Waals surface area contributed by atoms with E-state index in [-0.39, 0.29) is 17.0 Å². The van der Waals surface area contributed by atoms with Crippen LogP contribution >= 0.6 is 11.6 Å². The van der Waals surface area contributed by atoms with E-state index in [4.69, 9.17) is 16.0 Å². The van der Waals surface area contributed by atoms with Crippen LogP contribution in [0.15, 0.2) is 64.1 Å². The number of halogens is 1. The highest BCUT2D eigenvalue weighted by molar-refractivity contribution is 7.90. The molecular weight excluding hydrogens is 364 g/mol. The average Bonchev–Trinajstić information content (AvgIpc) is 3.14. The van der Waals surface area contributed by atoms with Gasteiger partial charge in [-0.1, -0.05) is 29.8 Å². The summed E-state index contributed by atoms with van der Waals surface area (Å²) in [7, 11) is -3.87. The third-order valence-electron chi connectivity index (χ3n) is 3.84. The Bertz CT molecular complexity index is 1090. The fourth-order valence-corrected chi connectivity index (χ4v) is 4.40. The van der Waals surface area contributed by atoms with Crippen LogP contribution in [0.1, 0.15) is 16.1 Å². The molecule has 1 aliphatic heterocycles. The van der Waals surface area contributed by atoms with Gasteiger partial charge in [-0.2, -0.15) is 0 Å². The maximum atomic E-state index is 12.5. The molecule has 25 heavy (non-hydrogen) atoms. The number of amides is 1. The first kappa shape index (κ1) is 15.9. The number of oxazole rings is 1. The molecule has 1 aromatic heterocycles. The summed E-state index contributed by atoms with van der Waals surface area (Å²) in [5.74, 6) is -0.262. The minimum absolute atomic E-state index is 0.0126. The quantitative estimate of drug-likeness (QED) is 0.702. The zero-order chi connectivity index (χ0) is 17.6. The molecule has 0 aliphatic carbocycles. The van der Waals surface area contributed by atoms with E-state index in [1.54, 1.807) is 36.4 Å². The average molecular weight is 375 g/mol. The molecule has 0 fully saturated rings. The molecule has 0 saturated heterocycles. The molecule has 0 bridgehead atoms. The third-order valence-corrected chi connectivity index (χ3v) is 5.86. The molecule has 3 aromatic rings. The minimum Gasteiger partial charge on any atom is -0.444 e. The Labute approximate surface area is 148 Å². The smallest absolute Gasteiger partial charge is 0.269 e. The number of aromatic nitrogens is 1. The van der Waals surface area contributed by atoms with Gasteiger partial charge in [-0.05, 0) is 30.3 Å². The van der Waals surface area contributed by atoms with Crippen LogP contribution in [-0.2, 0) is 16.6 Å². The highest BCUT2D eigenvalue weighted by Gasteiger charge is 2.41. The summed E-state index contributed by atoms with van der Waals surface area (Å²) >= 11 is 5.95. The number of sulfonamides is 1. The zero-order valence-corrected chi connectivity index (χ0v) is 14.3. The maximum Gasteiger partial charge on any atom is 0.269 e. The number of benzene rings is 2. The van der Waals surface area contributed by atoms with Gasteiger partial charge in [-0.25, -0.2) is 17.7 Å². The third kappa shape index (κ3) is 2.61. The molecule has 1 aliphatic rings. The van der Waals surface area contributed by atoms with E-state index in [1.165, 1.54) is 18.4 Å². The van der Waals surface area contributed by atoms with E-state index >= 15 is 0 Å². The Kier molecular flexibility index (Phi) is 3.63. The summed E-state index contributed by atoms with van der Waals surface area (Å²) in [6.45, 7) is -0.195. The normalized spacial score (nSPS) is 15.4. The number of hydrogen-bond acceptors (Lipinski definition) is 5. The van der Waals surface area contributed by atoms with E-state index in [0.29, 0.717) is 22.2 Å². The van der Waals surface area contributed by atoms with Gasteiger partial charge in [0.25, 0.3) is 15.9 Å². The molecule has 4 rings (SSSR count). The Hall–Kier alpha value is -2.64. The standard InChI is InChI=1S/C17H11ClN2O4S/c18-12-5-3-4-11(8-12)16-19-13(10-24-16)9-20-17(21)14-6-1-2-7-15(14)25(20,22)23/h1-8,10H,9H2. The van der Waals surface area contributed by atoms with Crippen molar-refractivity contribution < 1.29 is 17.6 Å². The van der Waals surface area contributed by atoms with Crippen molar-refractivity contribution in [3.05, 3.63) is 71.1 Å². The summed E-state index contributed by atoms with van der Waals surface area (Å²) in [5, 5.41) is 0.532. The number of hydrogen-bond donors (Lipinski definition) is 0. The summed E-state index contributed by atoms with van der Waals surface area (Å²) in [6.07, 6.45) is 1.34. The highest BCUT2D eigenvalue weighted by atomic mass is 35.5. The fourth-order valence-electron chi connectivity index (χ4n) is 2.67. The Morgan fingerprint density at radius 1 is 1.12 bits per heavy atom. The zero-order valence-electron chi connectivity index (χ0n) is 12.7. The summed E-state index contributed by atoms with van der Waals surface area (Å²) in [5.41, 5.74) is 1.17. The van der Waals surface area contributed by atoms with Gasteiger partial charge in [0.1, 0.15) is 16.9 Å². The SMILES string of the molecule is O=C1c2ccccc2S(=O)(=O)N1Cc1coc(-c2cccc(Cl)c2)n1. The number of rotatable bonds is 3. The summed E-state index contributed by atoms with van der Waals surface area (Å²) < 4.78 is 31.3. The lowest BCUT2D eigenvalue weighted by molar-refractivity contribution is 0.0864. The van der Waals surface area contributed by atoms with E-state index < -0.39 is 15.9 Å². The lowest BCUT2D eigenvalue weighted by atomic mass is 10.2. The highest BCUT2D eigenvalue weighted by Crippen LogP contribution is 2.31. The Morgan fingerprint density at radius 2 is 1.92 bits per heavy atom. The number of nitrogens with zero attached hydrogens (tertiary/aromatic N) is 2. The van der Waals surface area contributed by atoms with Gasteiger partial charge in [0, 0.05) is 10.6 Å². The Balaban J connectivity index is 1.65. The molecule has 2 aromatic carbocycles. The van der Waals surface area contributed by atoms with Crippen molar-refractivity contribution in [1.82, 2.24) is 9.29 Å². The number of fused-ring (bicyclic) bond motifs is 1. The number of carbonyl (C=O) groups is 1. The van der Waals surface area contributed by atoms with Gasteiger partial charge in [-0.3, -0.25) is 4.79 Å². The molecule has 126 valence electrons. The van der Waals surface area contributed by atoms with Crippen molar-refractivity contribution in [1.29, 1.82) is 0 Å². The predicted molar refractivity (Wildman–Crippen MR) is 90.5 cm³/mol. The van der Waals surface area contributed by atoms with Gasteiger partial charge in [0.15, 0.2) is 0 Å². The van der Waals surface area contributed by atoms with Crippen LogP contribution in [0.3, 0.4) is 0 Å². The molecule has 2 heterocycles. The van der Waals surface area contributed by atoms with Gasteiger partial charge >= 0.3 is 0 Å². The molecule has 1 amide bonds. The lowest BCUT2D eigenvalue weighted by Crippen LogP contribution is -2.29. The minimum atomic E-state index is -3.87.